The predicted octanol–water partition coefficient (Wildman–Crippen LogP) is 6.05. The summed E-state index contributed by atoms with van der Waals surface area (Å²) in [5.41, 5.74) is 6.64. The van der Waals surface area contributed by atoms with E-state index in [0.29, 0.717) is 35.7 Å². The molecule has 0 saturated heterocycles. The lowest BCUT2D eigenvalue weighted by atomic mass is 10.2. The molecule has 0 radical (unpaired) electrons. The van der Waals surface area contributed by atoms with Crippen LogP contribution in [0.2, 0.25) is 0 Å². The first-order chi connectivity index (χ1) is 35.9. The van der Waals surface area contributed by atoms with E-state index in [-0.39, 0.29) is 53.1 Å². The molecular formula is C48H50N10O16S2. The standard InChI is InChI=1S/C27H25N5O8S.C9H10N2O3.C7H9NO3S.C5H6N2O2/c1-3-31(4-2)18-10-12-20(22(33)14-18)28-29-21-15-19(41(37,38)39)11-13-24(21)40-27(36)26-23(34)16-25(35)32(30-26)17-8-6-5-7-9-17;12-8(3-4-9(13)14)11-7-2-1-5-10-6-7;1-5-4-6(12(9,10)11)2-3-7(5)8;8-5(9)4-7-3-1-2-6-7/h5-16,33-34H,3-4H2,1-2H3,(H,37,38,39);1-2,5-6H,3-4H2,(H,11,12)(H,13,14);2-4H,8H2,1H3,(H,9,10,11);1-3H,4H2,(H,8,9). The van der Waals surface area contributed by atoms with Gasteiger partial charge in [-0.15, -0.1) is 10.2 Å². The molecule has 0 aliphatic carbocycles. The highest BCUT2D eigenvalue weighted by molar-refractivity contribution is 7.86. The number of nitrogens with one attached hydrogen (secondary N) is 1. The van der Waals surface area contributed by atoms with Gasteiger partial charge in [-0.2, -0.15) is 31.7 Å². The molecule has 7 aromatic rings. The lowest BCUT2D eigenvalue weighted by Gasteiger charge is -2.21. The number of para-hydroxylation sites is 1. The number of ether oxygens (including phenoxy) is 1. The smallest absolute Gasteiger partial charge is 0.368 e. The highest BCUT2D eigenvalue weighted by Crippen LogP contribution is 2.36. The summed E-state index contributed by atoms with van der Waals surface area (Å²) in [6.07, 6.45) is 6.05. The number of phenolic OH excluding ortho intramolecular Hbond substituents is 1. The van der Waals surface area contributed by atoms with Crippen LogP contribution in [0.1, 0.15) is 42.7 Å². The molecule has 7 rings (SSSR count). The molecule has 0 spiro atoms. The summed E-state index contributed by atoms with van der Waals surface area (Å²) in [6.45, 7) is 6.95. The minimum Gasteiger partial charge on any atom is -0.506 e. The third-order valence-electron chi connectivity index (χ3n) is 9.80. The average molecular weight is 1090 g/mol. The Labute approximate surface area is 433 Å². The first-order valence-electron chi connectivity index (χ1n) is 22.1. The van der Waals surface area contributed by atoms with Crippen LogP contribution in [0.15, 0.2) is 159 Å². The quantitative estimate of drug-likeness (QED) is 0.0179. The maximum atomic E-state index is 13.0. The van der Waals surface area contributed by atoms with Crippen molar-refractivity contribution in [3.8, 4) is 22.9 Å². The summed E-state index contributed by atoms with van der Waals surface area (Å²) in [7, 11) is -8.77. The lowest BCUT2D eigenvalue weighted by Crippen LogP contribution is -2.24. The fourth-order valence-electron chi connectivity index (χ4n) is 6.03. The van der Waals surface area contributed by atoms with Crippen LogP contribution in [-0.2, 0) is 41.2 Å². The number of carboxylic acid groups (broad SMARTS) is 2. The van der Waals surface area contributed by atoms with Gasteiger partial charge < -0.3 is 41.1 Å². The Kier molecular flexibility index (Phi) is 21.5. The van der Waals surface area contributed by atoms with Gasteiger partial charge in [0.25, 0.3) is 25.8 Å². The summed E-state index contributed by atoms with van der Waals surface area (Å²) in [5.74, 6) is -4.65. The largest absolute Gasteiger partial charge is 0.506 e. The predicted molar refractivity (Wildman–Crippen MR) is 274 cm³/mol. The molecule has 1 amide bonds. The molecule has 0 bridgehead atoms. The van der Waals surface area contributed by atoms with E-state index >= 15 is 0 Å². The Morgan fingerprint density at radius 3 is 1.97 bits per heavy atom. The van der Waals surface area contributed by atoms with Gasteiger partial charge in [-0.3, -0.25) is 37.9 Å². The fourth-order valence-corrected chi connectivity index (χ4v) is 7.09. The van der Waals surface area contributed by atoms with Crippen molar-refractivity contribution in [3.05, 3.63) is 156 Å². The highest BCUT2D eigenvalue weighted by atomic mass is 32.2. The number of rotatable bonds is 16. The minimum absolute atomic E-state index is 0.0236. The van der Waals surface area contributed by atoms with Crippen molar-refractivity contribution >= 4 is 72.5 Å². The monoisotopic (exact) mass is 1090 g/mol. The van der Waals surface area contributed by atoms with Crippen molar-refractivity contribution in [3.63, 3.8) is 0 Å². The summed E-state index contributed by atoms with van der Waals surface area (Å²) >= 11 is 0. The Hall–Kier alpha value is -9.38. The normalized spacial score (nSPS) is 10.9. The molecular weight excluding hydrogens is 1040 g/mol. The number of nitrogens with zero attached hydrogens (tertiary/aromatic N) is 8. The number of nitrogen functional groups attached to an aromatic ring is 1. The number of nitrogens with two attached hydrogens (primary N) is 1. The second-order valence-electron chi connectivity index (χ2n) is 15.3. The maximum absolute atomic E-state index is 13.0. The van der Waals surface area contributed by atoms with Crippen molar-refractivity contribution in [2.45, 2.75) is 49.9 Å². The van der Waals surface area contributed by atoms with E-state index in [9.17, 15) is 55.6 Å². The molecule has 400 valence electrons. The third-order valence-corrected chi connectivity index (χ3v) is 11.5. The molecule has 76 heavy (non-hydrogen) atoms. The van der Waals surface area contributed by atoms with Gasteiger partial charge in [-0.25, -0.2) is 4.79 Å². The van der Waals surface area contributed by atoms with Gasteiger partial charge in [-0.1, -0.05) is 18.2 Å². The number of hydrogen-bond acceptors (Lipinski definition) is 19. The molecule has 0 saturated carbocycles. The number of aromatic nitrogens is 5. The van der Waals surface area contributed by atoms with Gasteiger partial charge in [0.15, 0.2) is 11.5 Å². The van der Waals surface area contributed by atoms with Crippen molar-refractivity contribution < 1.29 is 70.3 Å². The number of esters is 1. The number of benzene rings is 4. The van der Waals surface area contributed by atoms with Crippen molar-refractivity contribution in [1.82, 2.24) is 24.5 Å². The van der Waals surface area contributed by atoms with Crippen molar-refractivity contribution in [2.75, 3.05) is 29.0 Å². The van der Waals surface area contributed by atoms with Crippen LogP contribution in [0.25, 0.3) is 5.69 Å². The molecule has 9 N–H and O–H groups in total. The van der Waals surface area contributed by atoms with E-state index in [0.717, 1.165) is 34.6 Å². The fraction of sp³-hybridized carbons (Fsp3) is 0.167. The van der Waals surface area contributed by atoms with Gasteiger partial charge in [-0.05, 0) is 105 Å². The van der Waals surface area contributed by atoms with E-state index in [2.05, 4.69) is 30.7 Å². The number of hydrogen-bond donors (Lipinski definition) is 8. The van der Waals surface area contributed by atoms with E-state index in [1.807, 2.05) is 18.7 Å². The third kappa shape index (κ3) is 18.6. The first-order valence-corrected chi connectivity index (χ1v) is 24.9. The van der Waals surface area contributed by atoms with Crippen LogP contribution in [0, 0.1) is 6.92 Å². The molecule has 3 aromatic heterocycles. The number of anilines is 3. The number of carboxylic acids is 2. The Morgan fingerprint density at radius 2 is 1.41 bits per heavy atom. The van der Waals surface area contributed by atoms with Gasteiger partial charge in [0, 0.05) is 61.6 Å². The van der Waals surface area contributed by atoms with Crippen LogP contribution in [-0.4, -0.2) is 108 Å². The Bertz CT molecular complexity index is 3450. The molecule has 0 atom stereocenters. The van der Waals surface area contributed by atoms with Crippen LogP contribution >= 0.6 is 0 Å². The van der Waals surface area contributed by atoms with Crippen LogP contribution in [0.4, 0.5) is 28.4 Å². The van der Waals surface area contributed by atoms with Crippen LogP contribution in [0.5, 0.6) is 17.2 Å². The highest BCUT2D eigenvalue weighted by Gasteiger charge is 2.22. The average Bonchev–Trinajstić information content (AvgIpc) is 3.88. The lowest BCUT2D eigenvalue weighted by molar-refractivity contribution is -0.138. The topological polar surface area (TPSA) is 399 Å². The minimum atomic E-state index is -4.67. The Morgan fingerprint density at radius 1 is 0.750 bits per heavy atom. The van der Waals surface area contributed by atoms with E-state index in [1.165, 1.54) is 41.2 Å². The number of aromatic hydroxyl groups is 2. The van der Waals surface area contributed by atoms with Gasteiger partial charge in [0.1, 0.15) is 23.7 Å². The van der Waals surface area contributed by atoms with Gasteiger partial charge >= 0.3 is 17.9 Å². The van der Waals surface area contributed by atoms with Gasteiger partial charge in [0.05, 0.1) is 33.8 Å². The second-order valence-corrected chi connectivity index (χ2v) is 18.1. The number of azo groups is 1. The van der Waals surface area contributed by atoms with E-state index in [4.69, 9.17) is 25.2 Å². The number of carbonyl (C=O) groups excluding carboxylic acids is 2. The summed E-state index contributed by atoms with van der Waals surface area (Å²) in [4.78, 5) is 61.8. The number of carbonyl (C=O) groups is 4. The molecule has 0 fully saturated rings. The number of amides is 1. The Balaban J connectivity index is 0.000000285. The zero-order valence-corrected chi connectivity index (χ0v) is 42.1. The SMILES string of the molecule is CCN(CC)c1ccc(N=Nc2cc(S(=O)(=O)O)ccc2OC(=O)c2nn(-c3ccccc3)c(=O)cc2O)c(O)c1.Cc1cc(S(=O)(=O)O)ccc1N.O=C(O)CCC(=O)Nc1cccnc1.O=C(O)Cn1cccn1. The first kappa shape index (κ1) is 59.2. The number of aliphatic carboxylic acids is 2. The molecule has 28 heteroatoms. The zero-order valence-electron chi connectivity index (χ0n) is 40.5. The molecule has 0 unspecified atom stereocenters. The number of pyridine rings is 1. The van der Waals surface area contributed by atoms with Crippen molar-refractivity contribution in [2.24, 2.45) is 10.2 Å². The van der Waals surface area contributed by atoms with Gasteiger partial charge in [0.2, 0.25) is 11.6 Å². The number of aryl methyl sites for hydroxylation is 1. The summed E-state index contributed by atoms with van der Waals surface area (Å²) in [6, 6.07) is 25.7. The van der Waals surface area contributed by atoms with Crippen LogP contribution in [0.3, 0.4) is 0 Å². The maximum Gasteiger partial charge on any atom is 0.368 e. The molecule has 4 aromatic carbocycles. The summed E-state index contributed by atoms with van der Waals surface area (Å²) < 4.78 is 70.4. The van der Waals surface area contributed by atoms with Crippen LogP contribution < -0.4 is 26.2 Å². The molecule has 0 aliphatic heterocycles. The number of phenols is 1. The summed E-state index contributed by atoms with van der Waals surface area (Å²) in [5, 5.41) is 55.3. The molecule has 26 nitrogen and oxygen atoms in total. The van der Waals surface area contributed by atoms with E-state index in [1.54, 1.807) is 80.1 Å². The molecule has 3 heterocycles. The second kappa shape index (κ2) is 27.6. The van der Waals surface area contributed by atoms with Crippen molar-refractivity contribution in [1.29, 1.82) is 0 Å². The molecule has 0 aliphatic rings. The van der Waals surface area contributed by atoms with E-state index < -0.39 is 60.0 Å². The zero-order chi connectivity index (χ0) is 56.2.